The van der Waals surface area contributed by atoms with Gasteiger partial charge in [-0.05, 0) is 13.8 Å². The van der Waals surface area contributed by atoms with Crippen LogP contribution in [0, 0.1) is 0 Å². The number of hydrogen-bond donors (Lipinski definition) is 5. The summed E-state index contributed by atoms with van der Waals surface area (Å²) in [7, 11) is -4.62. The molecule has 7 N–H and O–H groups in total. The number of nitrogen functional groups attached to an aromatic ring is 1. The minimum atomic E-state index is -4.62. The second-order valence-corrected chi connectivity index (χ2v) is 10.3. The average Bonchev–Trinajstić information content (AvgIpc) is 3.35. The van der Waals surface area contributed by atoms with E-state index in [1.165, 1.54) is 19.2 Å². The molecule has 20 heteroatoms. The molecule has 0 spiro atoms. The van der Waals surface area contributed by atoms with E-state index in [0.717, 1.165) is 11.3 Å². The van der Waals surface area contributed by atoms with E-state index in [1.807, 2.05) is 0 Å². The van der Waals surface area contributed by atoms with E-state index in [0.29, 0.717) is 14.2 Å². The Hall–Kier alpha value is -4.04. The molecule has 1 atom stereocenters. The Morgan fingerprint density at radius 3 is 2.47 bits per heavy atom. The lowest BCUT2D eigenvalue weighted by Crippen LogP contribution is -2.68. The first-order valence-electron chi connectivity index (χ1n) is 9.88. The first kappa shape index (κ1) is 26.6. The number of hydrogen-bond acceptors (Lipinski definition) is 13. The van der Waals surface area contributed by atoms with Crippen LogP contribution in [0.25, 0.3) is 0 Å². The van der Waals surface area contributed by atoms with Crippen molar-refractivity contribution in [2.75, 3.05) is 25.4 Å². The molecule has 1 aromatic heterocycles. The molecular weight excluding hydrogens is 526 g/mol. The van der Waals surface area contributed by atoms with Crippen LogP contribution in [0.2, 0.25) is 0 Å². The van der Waals surface area contributed by atoms with Crippen LogP contribution in [0.15, 0.2) is 10.5 Å². The van der Waals surface area contributed by atoms with Crippen molar-refractivity contribution in [2.45, 2.75) is 25.5 Å². The summed E-state index contributed by atoms with van der Waals surface area (Å²) in [5.74, 6) is 1.97. The zero-order valence-corrected chi connectivity index (χ0v) is 20.3. The van der Waals surface area contributed by atoms with Crippen molar-refractivity contribution in [3.8, 4) is 0 Å². The Labute approximate surface area is 207 Å². The third-order valence-corrected chi connectivity index (χ3v) is 6.87. The van der Waals surface area contributed by atoms with E-state index in [1.54, 1.807) is 4.72 Å². The van der Waals surface area contributed by atoms with Crippen LogP contribution in [-0.2, 0) is 29.4 Å². The molecule has 3 heterocycles. The summed E-state index contributed by atoms with van der Waals surface area (Å²) in [5, 5.41) is 17.1. The molecule has 0 unspecified atom stereocenters. The fourth-order valence-electron chi connectivity index (χ4n) is 2.72. The molecule has 2 aliphatic rings. The average molecular weight is 548 g/mol. The fourth-order valence-corrected chi connectivity index (χ4v) is 4.34. The quantitative estimate of drug-likeness (QED) is 0.0727. The highest BCUT2D eigenvalue weighted by Crippen LogP contribution is 2.17. The van der Waals surface area contributed by atoms with Gasteiger partial charge < -0.3 is 21.0 Å². The van der Waals surface area contributed by atoms with Gasteiger partial charge in [0, 0.05) is 5.38 Å². The molecule has 0 aromatic carbocycles. The van der Waals surface area contributed by atoms with Crippen LogP contribution in [0.1, 0.15) is 19.5 Å². The maximum atomic E-state index is 12.8. The standard InChI is InChI=1S/C16H21N9O9S2/c1-16(2,12(28)29)34-21-9(8-6-35-13(17)20-8)10(26)19-7-5-23(11(7)27)14(30)22-36(32,33)25-4-3-24(18)15(25)31/h6-7H,3-5,18H2,1-2H3,(H2,17,20)(H,19,26)(H,22,30)(H,28,29)/b21-9+/t7-/m0/s1. The number of carboxylic acids is 1. The number of anilines is 1. The fraction of sp³-hybridized carbons (Fsp3) is 0.438. The van der Waals surface area contributed by atoms with Crippen LogP contribution in [-0.4, -0.2) is 99.6 Å². The van der Waals surface area contributed by atoms with Gasteiger partial charge in [0.15, 0.2) is 10.8 Å². The van der Waals surface area contributed by atoms with Crippen molar-refractivity contribution >= 4 is 62.2 Å². The minimum Gasteiger partial charge on any atom is -0.478 e. The van der Waals surface area contributed by atoms with Crippen molar-refractivity contribution in [3.05, 3.63) is 11.1 Å². The number of amides is 6. The lowest BCUT2D eigenvalue weighted by Gasteiger charge is -2.36. The molecule has 196 valence electrons. The van der Waals surface area contributed by atoms with E-state index >= 15 is 0 Å². The van der Waals surface area contributed by atoms with Gasteiger partial charge in [-0.2, -0.15) is 8.42 Å². The molecule has 2 fully saturated rings. The first-order chi connectivity index (χ1) is 16.6. The maximum Gasteiger partial charge on any atom is 0.350 e. The number of nitrogens with two attached hydrogens (primary N) is 2. The molecular formula is C16H21N9O9S2. The predicted octanol–water partition coefficient (Wildman–Crippen LogP) is -2.80. The lowest BCUT2D eigenvalue weighted by atomic mass is 10.1. The van der Waals surface area contributed by atoms with Crippen molar-refractivity contribution in [1.29, 1.82) is 0 Å². The number of nitrogens with zero attached hydrogens (tertiary/aromatic N) is 5. The van der Waals surface area contributed by atoms with Crippen LogP contribution < -0.4 is 21.6 Å². The summed E-state index contributed by atoms with van der Waals surface area (Å²) in [6.45, 7) is 1.56. The van der Waals surface area contributed by atoms with Gasteiger partial charge in [-0.1, -0.05) is 5.16 Å². The summed E-state index contributed by atoms with van der Waals surface area (Å²) >= 11 is 0.959. The van der Waals surface area contributed by atoms with Crippen LogP contribution in [0.3, 0.4) is 0 Å². The maximum absolute atomic E-state index is 12.8. The molecule has 2 aliphatic heterocycles. The Morgan fingerprint density at radius 1 is 1.31 bits per heavy atom. The Morgan fingerprint density at radius 2 is 1.97 bits per heavy atom. The van der Waals surface area contributed by atoms with Crippen molar-refractivity contribution in [1.82, 2.24) is 29.2 Å². The molecule has 2 saturated heterocycles. The highest BCUT2D eigenvalue weighted by atomic mass is 32.2. The predicted molar refractivity (Wildman–Crippen MR) is 120 cm³/mol. The van der Waals surface area contributed by atoms with Crippen LogP contribution in [0.5, 0.6) is 0 Å². The van der Waals surface area contributed by atoms with Gasteiger partial charge >= 0.3 is 28.2 Å². The third kappa shape index (κ3) is 5.28. The summed E-state index contributed by atoms with van der Waals surface area (Å²) in [5.41, 5.74) is 3.21. The number of aliphatic carboxylic acids is 1. The van der Waals surface area contributed by atoms with Gasteiger partial charge in [0.1, 0.15) is 11.7 Å². The Balaban J connectivity index is 1.66. The van der Waals surface area contributed by atoms with E-state index < -0.39 is 64.0 Å². The van der Waals surface area contributed by atoms with Crippen molar-refractivity contribution in [3.63, 3.8) is 0 Å². The van der Waals surface area contributed by atoms with Crippen molar-refractivity contribution in [2.24, 2.45) is 11.0 Å². The van der Waals surface area contributed by atoms with Gasteiger partial charge in [0.05, 0.1) is 19.6 Å². The van der Waals surface area contributed by atoms with Crippen LogP contribution >= 0.6 is 11.3 Å². The molecule has 6 amide bonds. The second-order valence-electron chi connectivity index (χ2n) is 7.85. The molecule has 0 radical (unpaired) electrons. The lowest BCUT2D eigenvalue weighted by molar-refractivity contribution is -0.161. The minimum absolute atomic E-state index is 0.0621. The number of likely N-dealkylation sites (tertiary alicyclic amines) is 1. The van der Waals surface area contributed by atoms with E-state index in [4.69, 9.17) is 21.5 Å². The number of imide groups is 1. The van der Waals surface area contributed by atoms with Gasteiger partial charge in [-0.25, -0.2) is 34.2 Å². The zero-order chi connectivity index (χ0) is 27.0. The molecule has 0 bridgehead atoms. The summed E-state index contributed by atoms with van der Waals surface area (Å²) in [4.78, 5) is 69.8. The number of carbonyl (C=O) groups excluding carboxylic acids is 4. The first-order valence-corrected chi connectivity index (χ1v) is 12.2. The van der Waals surface area contributed by atoms with Gasteiger partial charge in [0.2, 0.25) is 5.60 Å². The number of hydrazine groups is 1. The molecule has 3 rings (SSSR count). The molecule has 18 nitrogen and oxygen atoms in total. The van der Waals surface area contributed by atoms with E-state index in [2.05, 4.69) is 15.5 Å². The van der Waals surface area contributed by atoms with Gasteiger partial charge in [-0.15, -0.1) is 11.3 Å². The number of thiazole rings is 1. The normalized spacial score (nSPS) is 18.7. The van der Waals surface area contributed by atoms with Crippen molar-refractivity contribution < 1.29 is 42.3 Å². The number of β-lactam (4-membered cyclic amide) rings is 1. The molecule has 0 saturated carbocycles. The van der Waals surface area contributed by atoms with Gasteiger partial charge in [-0.3, -0.25) is 19.5 Å². The summed E-state index contributed by atoms with van der Waals surface area (Å²) in [6, 6.07) is -3.66. The van der Waals surface area contributed by atoms with E-state index in [-0.39, 0.29) is 23.9 Å². The molecule has 0 aliphatic carbocycles. The smallest absolute Gasteiger partial charge is 0.350 e. The number of nitrogens with one attached hydrogen (secondary N) is 2. The number of urea groups is 2. The number of rotatable bonds is 8. The molecule has 1 aromatic rings. The number of carboxylic acid groups (broad SMARTS) is 1. The summed E-state index contributed by atoms with van der Waals surface area (Å²) in [6.07, 6.45) is 0. The third-order valence-electron chi connectivity index (χ3n) is 4.85. The number of oxime groups is 1. The summed E-state index contributed by atoms with van der Waals surface area (Å²) < 4.78 is 26.4. The molecule has 36 heavy (non-hydrogen) atoms. The highest BCUT2D eigenvalue weighted by molar-refractivity contribution is 7.88. The van der Waals surface area contributed by atoms with Gasteiger partial charge in [0.25, 0.3) is 11.8 Å². The topological polar surface area (TPSA) is 260 Å². The van der Waals surface area contributed by atoms with E-state index in [9.17, 15) is 32.4 Å². The monoisotopic (exact) mass is 547 g/mol. The highest BCUT2D eigenvalue weighted by Gasteiger charge is 2.45. The Bertz CT molecular complexity index is 1260. The number of carbonyl (C=O) groups is 5. The van der Waals surface area contributed by atoms with Crippen LogP contribution in [0.4, 0.5) is 14.7 Å². The number of aromatic nitrogens is 1. The Kier molecular flexibility index (Phi) is 7.04. The second kappa shape index (κ2) is 9.54. The zero-order valence-electron chi connectivity index (χ0n) is 18.7. The SMILES string of the molecule is CC(C)(O/N=C(/C(=O)N[C@H]1CN(C(=O)NS(=O)(=O)N2CCN(N)C2=O)C1=O)c1csc(N)n1)C(=O)O. The largest absolute Gasteiger partial charge is 0.478 e.